The fourth-order valence-electron chi connectivity index (χ4n) is 14.4. The summed E-state index contributed by atoms with van der Waals surface area (Å²) in [4.78, 5) is 13.5. The molecule has 19 heteroatoms. The van der Waals surface area contributed by atoms with Crippen LogP contribution in [-0.4, -0.2) is 193 Å². The van der Waals surface area contributed by atoms with Gasteiger partial charge in [-0.15, -0.1) is 0 Å². The first-order valence-corrected chi connectivity index (χ1v) is 43.0. The number of hydrogen-bond acceptors (Lipinski definition) is 18. The van der Waals surface area contributed by atoms with Crippen molar-refractivity contribution in [1.29, 1.82) is 0 Å². The average Bonchev–Trinajstić information content (AvgIpc) is 0.781. The summed E-state index contributed by atoms with van der Waals surface area (Å²) in [7, 11) is 0. The van der Waals surface area contributed by atoms with E-state index in [4.69, 9.17) is 28.4 Å². The van der Waals surface area contributed by atoms with Crippen molar-refractivity contribution in [3.63, 3.8) is 0 Å². The number of carbonyl (C=O) groups is 1. The molecule has 105 heavy (non-hydrogen) atoms. The Labute approximate surface area is 636 Å². The first-order chi connectivity index (χ1) is 51.3. The molecule has 0 aromatic heterocycles. The number of ether oxygens (including phenoxy) is 6. The predicted octanol–water partition coefficient (Wildman–Crippen LogP) is 15.4. The molecule has 0 radical (unpaired) electrons. The van der Waals surface area contributed by atoms with Crippen LogP contribution in [0.5, 0.6) is 0 Å². The number of rotatable bonds is 69. The average molecular weight is 1490 g/mol. The maximum atomic E-state index is 13.5. The molecule has 614 valence electrons. The lowest BCUT2D eigenvalue weighted by Crippen LogP contribution is -2.66. The van der Waals surface area contributed by atoms with Gasteiger partial charge in [-0.3, -0.25) is 4.79 Å². The molecule has 0 aromatic rings. The van der Waals surface area contributed by atoms with E-state index in [1.165, 1.54) is 263 Å². The highest BCUT2D eigenvalue weighted by molar-refractivity contribution is 5.76. The van der Waals surface area contributed by atoms with E-state index >= 15 is 0 Å². The van der Waals surface area contributed by atoms with E-state index < -0.39 is 124 Å². The molecular formula is C86H157NO18. The Bertz CT molecular complexity index is 2130. The minimum Gasteiger partial charge on any atom is -0.394 e. The number of nitrogens with one attached hydrogen (secondary N) is 1. The summed E-state index contributed by atoms with van der Waals surface area (Å²) in [6.45, 7) is 1.75. The highest BCUT2D eigenvalue weighted by atomic mass is 16.8. The number of aliphatic hydroxyl groups is 11. The van der Waals surface area contributed by atoms with E-state index in [0.717, 1.165) is 51.4 Å². The number of aliphatic hydroxyl groups excluding tert-OH is 11. The highest BCUT2D eigenvalue weighted by Crippen LogP contribution is 2.33. The van der Waals surface area contributed by atoms with Gasteiger partial charge in [0.2, 0.25) is 5.91 Å². The number of allylic oxidation sites excluding steroid dienone is 9. The van der Waals surface area contributed by atoms with Crippen LogP contribution in [0.25, 0.3) is 0 Å². The maximum absolute atomic E-state index is 13.5. The van der Waals surface area contributed by atoms with Crippen LogP contribution >= 0.6 is 0 Å². The zero-order valence-corrected chi connectivity index (χ0v) is 66.0. The minimum atomic E-state index is -1.98. The first-order valence-electron chi connectivity index (χ1n) is 43.0. The zero-order valence-electron chi connectivity index (χ0n) is 66.0. The maximum Gasteiger partial charge on any atom is 0.220 e. The standard InChI is InChI=1S/C86H157NO18/c1-3-5-7-9-11-13-15-17-19-21-23-25-27-29-31-33-34-36-37-39-41-43-45-47-49-51-53-55-57-59-61-63-70(91)69(87-74(92)64-62-60-58-56-54-52-50-48-46-44-42-40-38-35-32-30-28-26-24-22-20-18-16-14-12-10-8-6-4-2)68-100-84-80(98)77(95)82(72(66-89)102-84)105-86-81(99)78(96)83(73(67-90)103-86)104-85-79(97)76(94)75(93)71(65-88)101-85/h16,18,22,24,45,47,53,55,61,63,69-73,75-86,88-91,93-99H,3-15,17,19-21,23,25-44,46,48-52,54,56-60,62,64-68H2,1-2H3,(H,87,92)/b18-16-,24-22-,47-45+,55-53+,63-61+. The molecule has 1 amide bonds. The third kappa shape index (κ3) is 45.6. The van der Waals surface area contributed by atoms with Gasteiger partial charge in [0.15, 0.2) is 18.9 Å². The second-order valence-electron chi connectivity index (χ2n) is 30.6. The molecule has 3 fully saturated rings. The minimum absolute atomic E-state index is 0.232. The molecule has 3 saturated heterocycles. The lowest BCUT2D eigenvalue weighted by molar-refractivity contribution is -0.379. The lowest BCUT2D eigenvalue weighted by Gasteiger charge is -2.48. The van der Waals surface area contributed by atoms with E-state index in [0.29, 0.717) is 12.8 Å². The van der Waals surface area contributed by atoms with E-state index in [1.807, 2.05) is 6.08 Å². The van der Waals surface area contributed by atoms with Crippen LogP contribution in [0, 0.1) is 0 Å². The van der Waals surface area contributed by atoms with Gasteiger partial charge in [0.1, 0.15) is 73.2 Å². The Morgan fingerprint density at radius 2 is 0.638 bits per heavy atom. The van der Waals surface area contributed by atoms with Gasteiger partial charge in [0, 0.05) is 6.42 Å². The van der Waals surface area contributed by atoms with Crippen LogP contribution in [0.15, 0.2) is 60.8 Å². The summed E-state index contributed by atoms with van der Waals surface area (Å²) in [5, 5.41) is 121. The molecule has 3 rings (SSSR count). The monoisotopic (exact) mass is 1490 g/mol. The molecule has 17 unspecified atom stereocenters. The van der Waals surface area contributed by atoms with Gasteiger partial charge in [-0.1, -0.05) is 325 Å². The van der Waals surface area contributed by atoms with Crippen molar-refractivity contribution < 1.29 is 89.4 Å². The molecule has 19 nitrogen and oxygen atoms in total. The fraction of sp³-hybridized carbons (Fsp3) is 0.872. The number of carbonyl (C=O) groups excluding carboxylic acids is 1. The van der Waals surface area contributed by atoms with Gasteiger partial charge < -0.3 is 89.9 Å². The summed E-state index contributed by atoms with van der Waals surface area (Å²) in [6.07, 6.45) is 59.4. The van der Waals surface area contributed by atoms with Crippen molar-refractivity contribution in [3.8, 4) is 0 Å². The van der Waals surface area contributed by atoms with Gasteiger partial charge in [0.05, 0.1) is 38.6 Å². The second kappa shape index (κ2) is 66.1. The molecule has 0 aromatic carbocycles. The number of hydrogen-bond donors (Lipinski definition) is 12. The van der Waals surface area contributed by atoms with Crippen LogP contribution in [0.2, 0.25) is 0 Å². The number of amides is 1. The molecule has 3 heterocycles. The molecule has 3 aliphatic rings. The Morgan fingerprint density at radius 1 is 0.343 bits per heavy atom. The Balaban J connectivity index is 1.37. The van der Waals surface area contributed by atoms with Crippen molar-refractivity contribution >= 4 is 5.91 Å². The SMILES string of the molecule is CCCCCCC/C=C\C/C=C\CCCCCCCCCCCCCCCCCCCC(=O)NC(COC1OC(CO)C(OC2OC(CO)C(OC3OC(CO)C(O)C(O)C3O)C(O)C2O)C(O)C1O)C(O)/C=C/CC/C=C/CC/C=C/CCCCCCCCCCCCCCCCCCCCCCC. The molecule has 0 bridgehead atoms. The number of unbranched alkanes of at least 4 members (excludes halogenated alkanes) is 45. The molecule has 12 N–H and O–H groups in total. The second-order valence-corrected chi connectivity index (χ2v) is 30.6. The van der Waals surface area contributed by atoms with E-state index in [-0.39, 0.29) is 18.9 Å². The Kier molecular flexibility index (Phi) is 60.9. The zero-order chi connectivity index (χ0) is 76.0. The van der Waals surface area contributed by atoms with Crippen LogP contribution in [0.4, 0.5) is 0 Å². The van der Waals surface area contributed by atoms with Crippen LogP contribution in [0.3, 0.4) is 0 Å². The van der Waals surface area contributed by atoms with E-state index in [2.05, 4.69) is 67.8 Å². The largest absolute Gasteiger partial charge is 0.394 e. The van der Waals surface area contributed by atoms with Gasteiger partial charge in [0.25, 0.3) is 0 Å². The quantitative estimate of drug-likeness (QED) is 0.0199. The predicted molar refractivity (Wildman–Crippen MR) is 420 cm³/mol. The third-order valence-electron chi connectivity index (χ3n) is 21.3. The summed E-state index contributed by atoms with van der Waals surface area (Å²) >= 11 is 0. The fourth-order valence-corrected chi connectivity index (χ4v) is 14.4. The normalized spacial score (nSPS) is 26.0. The van der Waals surface area contributed by atoms with Gasteiger partial charge in [-0.25, -0.2) is 0 Å². The smallest absolute Gasteiger partial charge is 0.220 e. The molecule has 3 aliphatic heterocycles. The molecule has 0 spiro atoms. The van der Waals surface area contributed by atoms with Gasteiger partial charge in [-0.05, 0) is 77.0 Å². The van der Waals surface area contributed by atoms with Crippen LogP contribution in [-0.2, 0) is 33.2 Å². The van der Waals surface area contributed by atoms with Gasteiger partial charge >= 0.3 is 0 Å². The van der Waals surface area contributed by atoms with Crippen molar-refractivity contribution in [3.05, 3.63) is 60.8 Å². The van der Waals surface area contributed by atoms with Crippen molar-refractivity contribution in [2.75, 3.05) is 26.4 Å². The van der Waals surface area contributed by atoms with Gasteiger partial charge in [-0.2, -0.15) is 0 Å². The first kappa shape index (κ1) is 96.7. The van der Waals surface area contributed by atoms with E-state index in [1.54, 1.807) is 6.08 Å². The van der Waals surface area contributed by atoms with Crippen molar-refractivity contribution in [2.24, 2.45) is 0 Å². The topological polar surface area (TPSA) is 307 Å². The summed E-state index contributed by atoms with van der Waals surface area (Å²) in [6, 6.07) is -1.000. The molecule has 0 aliphatic carbocycles. The molecular weight excluding hydrogens is 1330 g/mol. The van der Waals surface area contributed by atoms with E-state index in [9.17, 15) is 61.0 Å². The molecule has 0 saturated carbocycles. The summed E-state index contributed by atoms with van der Waals surface area (Å²) in [5.41, 5.74) is 0. The Hall–Kier alpha value is -2.51. The third-order valence-corrected chi connectivity index (χ3v) is 21.3. The summed E-state index contributed by atoms with van der Waals surface area (Å²) < 4.78 is 34.5. The van der Waals surface area contributed by atoms with Crippen molar-refractivity contribution in [1.82, 2.24) is 5.32 Å². The Morgan fingerprint density at radius 3 is 1.01 bits per heavy atom. The summed E-state index contributed by atoms with van der Waals surface area (Å²) in [5.74, 6) is -0.285. The van der Waals surface area contributed by atoms with Crippen LogP contribution in [0.1, 0.15) is 348 Å². The van der Waals surface area contributed by atoms with Crippen molar-refractivity contribution in [2.45, 2.75) is 452 Å². The molecule has 17 atom stereocenters. The highest BCUT2D eigenvalue weighted by Gasteiger charge is 2.54. The lowest BCUT2D eigenvalue weighted by atomic mass is 9.96. The van der Waals surface area contributed by atoms with Crippen LogP contribution < -0.4 is 5.32 Å².